The highest BCUT2D eigenvalue weighted by molar-refractivity contribution is 9.10. The van der Waals surface area contributed by atoms with E-state index in [1.54, 1.807) is 0 Å². The molecular formula is C12H13BrN4. The zero-order valence-electron chi connectivity index (χ0n) is 9.60. The molecule has 17 heavy (non-hydrogen) atoms. The number of halogens is 1. The molecule has 0 unspecified atom stereocenters. The second kappa shape index (κ2) is 4.23. The molecule has 2 aromatic rings. The average Bonchev–Trinajstić information content (AvgIpc) is 2.73. The topological polar surface area (TPSA) is 34.0 Å². The number of hydrogen-bond donors (Lipinski definition) is 0. The molecule has 0 aliphatic carbocycles. The summed E-state index contributed by atoms with van der Waals surface area (Å²) >= 11 is 3.44. The lowest BCUT2D eigenvalue weighted by Crippen LogP contribution is -2.30. The van der Waals surface area contributed by atoms with Gasteiger partial charge in [0.05, 0.1) is 6.54 Å². The maximum absolute atomic E-state index is 4.30. The van der Waals surface area contributed by atoms with E-state index in [9.17, 15) is 0 Å². The van der Waals surface area contributed by atoms with Gasteiger partial charge in [-0.05, 0) is 19.2 Å². The first-order valence-electron chi connectivity index (χ1n) is 5.60. The largest absolute Gasteiger partial charge is 0.309 e. The summed E-state index contributed by atoms with van der Waals surface area (Å²) in [5.74, 6) is 2.03. The highest BCUT2D eigenvalue weighted by atomic mass is 79.9. The van der Waals surface area contributed by atoms with Gasteiger partial charge in [-0.3, -0.25) is 4.90 Å². The van der Waals surface area contributed by atoms with Crippen molar-refractivity contribution in [1.29, 1.82) is 0 Å². The molecule has 0 bridgehead atoms. The van der Waals surface area contributed by atoms with E-state index in [1.807, 2.05) is 12.1 Å². The van der Waals surface area contributed by atoms with E-state index in [0.717, 1.165) is 41.3 Å². The lowest BCUT2D eigenvalue weighted by molar-refractivity contribution is 0.265. The third kappa shape index (κ3) is 2.00. The van der Waals surface area contributed by atoms with Crippen LogP contribution in [-0.2, 0) is 13.1 Å². The fourth-order valence-corrected chi connectivity index (χ4v) is 2.36. The van der Waals surface area contributed by atoms with Crippen molar-refractivity contribution < 1.29 is 0 Å². The van der Waals surface area contributed by atoms with E-state index in [1.165, 1.54) is 0 Å². The molecule has 5 heteroatoms. The summed E-state index contributed by atoms with van der Waals surface area (Å²) < 4.78 is 3.29. The molecule has 0 atom stereocenters. The number of aromatic nitrogens is 3. The lowest BCUT2D eigenvalue weighted by atomic mass is 10.2. The van der Waals surface area contributed by atoms with Crippen molar-refractivity contribution in [3.05, 3.63) is 34.6 Å². The number of hydrogen-bond acceptors (Lipinski definition) is 3. The van der Waals surface area contributed by atoms with E-state index in [-0.39, 0.29) is 0 Å². The molecule has 0 amide bonds. The van der Waals surface area contributed by atoms with Crippen LogP contribution in [0, 0.1) is 0 Å². The van der Waals surface area contributed by atoms with Gasteiger partial charge < -0.3 is 4.57 Å². The van der Waals surface area contributed by atoms with Gasteiger partial charge >= 0.3 is 0 Å². The van der Waals surface area contributed by atoms with Crippen LogP contribution < -0.4 is 0 Å². The third-order valence-electron chi connectivity index (χ3n) is 3.05. The Hall–Kier alpha value is -1.20. The molecule has 2 heterocycles. The van der Waals surface area contributed by atoms with Crippen LogP contribution in [0.4, 0.5) is 0 Å². The van der Waals surface area contributed by atoms with Gasteiger partial charge in [0, 0.05) is 23.1 Å². The standard InChI is InChI=1S/C12H13BrN4/c1-16-6-7-17-11(8-16)14-15-12(17)9-2-4-10(13)5-3-9/h2-5H,6-8H2,1H3. The molecule has 0 fully saturated rings. The molecule has 88 valence electrons. The number of rotatable bonds is 1. The third-order valence-corrected chi connectivity index (χ3v) is 3.58. The van der Waals surface area contributed by atoms with Crippen LogP contribution in [0.2, 0.25) is 0 Å². The fraction of sp³-hybridized carbons (Fsp3) is 0.333. The van der Waals surface area contributed by atoms with Crippen molar-refractivity contribution in [2.45, 2.75) is 13.1 Å². The maximum atomic E-state index is 4.30. The molecular weight excluding hydrogens is 280 g/mol. The summed E-state index contributed by atoms with van der Waals surface area (Å²) in [6.45, 7) is 2.89. The number of nitrogens with zero attached hydrogens (tertiary/aromatic N) is 4. The lowest BCUT2D eigenvalue weighted by Gasteiger charge is -2.23. The van der Waals surface area contributed by atoms with Gasteiger partial charge in [0.25, 0.3) is 0 Å². The van der Waals surface area contributed by atoms with E-state index in [0.29, 0.717) is 0 Å². The highest BCUT2D eigenvalue weighted by Gasteiger charge is 2.19. The number of fused-ring (bicyclic) bond motifs is 1. The van der Waals surface area contributed by atoms with Crippen molar-refractivity contribution in [2.75, 3.05) is 13.6 Å². The van der Waals surface area contributed by atoms with Crippen LogP contribution >= 0.6 is 15.9 Å². The summed E-state index contributed by atoms with van der Waals surface area (Å²) in [5, 5.41) is 8.57. The van der Waals surface area contributed by atoms with Crippen molar-refractivity contribution in [3.63, 3.8) is 0 Å². The Balaban J connectivity index is 2.02. The van der Waals surface area contributed by atoms with Crippen molar-refractivity contribution in [1.82, 2.24) is 19.7 Å². The molecule has 1 aromatic heterocycles. The average molecular weight is 293 g/mol. The Morgan fingerprint density at radius 2 is 1.88 bits per heavy atom. The Bertz CT molecular complexity index is 532. The molecule has 0 spiro atoms. The van der Waals surface area contributed by atoms with Gasteiger partial charge in [-0.2, -0.15) is 0 Å². The van der Waals surface area contributed by atoms with Gasteiger partial charge in [0.15, 0.2) is 5.82 Å². The second-order valence-electron chi connectivity index (χ2n) is 4.34. The Kier molecular flexibility index (Phi) is 2.72. The molecule has 1 aliphatic rings. The summed E-state index contributed by atoms with van der Waals surface area (Å²) in [4.78, 5) is 2.26. The van der Waals surface area contributed by atoms with Crippen LogP contribution in [0.1, 0.15) is 5.82 Å². The summed E-state index contributed by atoms with van der Waals surface area (Å²) in [7, 11) is 2.11. The molecule has 0 saturated heterocycles. The van der Waals surface area contributed by atoms with Crippen LogP contribution in [0.5, 0.6) is 0 Å². The molecule has 1 aromatic carbocycles. The predicted octanol–water partition coefficient (Wildman–Crippen LogP) is 2.15. The first kappa shape index (κ1) is 10.9. The van der Waals surface area contributed by atoms with Gasteiger partial charge in [-0.25, -0.2) is 0 Å². The predicted molar refractivity (Wildman–Crippen MR) is 69.5 cm³/mol. The van der Waals surface area contributed by atoms with Crippen LogP contribution in [0.25, 0.3) is 11.4 Å². The van der Waals surface area contributed by atoms with E-state index in [2.05, 4.69) is 54.8 Å². The molecule has 1 aliphatic heterocycles. The minimum Gasteiger partial charge on any atom is -0.309 e. The Labute approximate surface area is 108 Å². The zero-order chi connectivity index (χ0) is 11.8. The first-order valence-corrected chi connectivity index (χ1v) is 6.40. The second-order valence-corrected chi connectivity index (χ2v) is 5.25. The minimum absolute atomic E-state index is 0.879. The highest BCUT2D eigenvalue weighted by Crippen LogP contribution is 2.22. The van der Waals surface area contributed by atoms with E-state index < -0.39 is 0 Å². The first-order chi connectivity index (χ1) is 8.24. The molecule has 0 radical (unpaired) electrons. The monoisotopic (exact) mass is 292 g/mol. The van der Waals surface area contributed by atoms with Gasteiger partial charge in [-0.1, -0.05) is 28.1 Å². The smallest absolute Gasteiger partial charge is 0.164 e. The SMILES string of the molecule is CN1CCn2c(nnc2-c2ccc(Br)cc2)C1. The minimum atomic E-state index is 0.879. The van der Waals surface area contributed by atoms with Crippen molar-refractivity contribution in [2.24, 2.45) is 0 Å². The fourth-order valence-electron chi connectivity index (χ4n) is 2.09. The van der Waals surface area contributed by atoms with Gasteiger partial charge in [-0.15, -0.1) is 10.2 Å². The van der Waals surface area contributed by atoms with Crippen molar-refractivity contribution in [3.8, 4) is 11.4 Å². The quantitative estimate of drug-likeness (QED) is 0.808. The molecule has 4 nitrogen and oxygen atoms in total. The zero-order valence-corrected chi connectivity index (χ0v) is 11.2. The summed E-state index contributed by atoms with van der Waals surface area (Å²) in [6.07, 6.45) is 0. The molecule has 0 N–H and O–H groups in total. The van der Waals surface area contributed by atoms with Crippen molar-refractivity contribution >= 4 is 15.9 Å². The van der Waals surface area contributed by atoms with Crippen LogP contribution in [0.15, 0.2) is 28.7 Å². The molecule has 3 rings (SSSR count). The maximum Gasteiger partial charge on any atom is 0.164 e. The summed E-state index contributed by atoms with van der Waals surface area (Å²) in [5.41, 5.74) is 1.12. The Morgan fingerprint density at radius 3 is 2.65 bits per heavy atom. The normalized spacial score (nSPS) is 15.9. The molecule has 0 saturated carbocycles. The van der Waals surface area contributed by atoms with Crippen LogP contribution in [-0.4, -0.2) is 33.3 Å². The number of likely N-dealkylation sites (N-methyl/N-ethyl adjacent to an activating group) is 1. The van der Waals surface area contributed by atoms with Gasteiger partial charge in [0.2, 0.25) is 0 Å². The van der Waals surface area contributed by atoms with Gasteiger partial charge in [0.1, 0.15) is 5.82 Å². The van der Waals surface area contributed by atoms with E-state index >= 15 is 0 Å². The Morgan fingerprint density at radius 1 is 1.12 bits per heavy atom. The number of benzene rings is 1. The van der Waals surface area contributed by atoms with E-state index in [4.69, 9.17) is 0 Å². The van der Waals surface area contributed by atoms with Crippen LogP contribution in [0.3, 0.4) is 0 Å². The summed E-state index contributed by atoms with van der Waals surface area (Å²) in [6, 6.07) is 8.21.